The Bertz CT molecular complexity index is 599. The van der Waals surface area contributed by atoms with Gasteiger partial charge in [-0.15, -0.1) is 0 Å². The number of hydrogen-bond acceptors (Lipinski definition) is 3. The molecular weight excluding hydrogens is 279 g/mol. The van der Waals surface area contributed by atoms with Crippen LogP contribution in [0.5, 0.6) is 0 Å². The van der Waals surface area contributed by atoms with E-state index in [4.69, 9.17) is 17.3 Å². The fourth-order valence-electron chi connectivity index (χ4n) is 1.48. The summed E-state index contributed by atoms with van der Waals surface area (Å²) in [6.45, 7) is 0. The minimum atomic E-state index is -4.39. The monoisotopic (exact) mass is 287 g/mol. The van der Waals surface area contributed by atoms with Crippen molar-refractivity contribution in [2.75, 3.05) is 11.1 Å². The quantitative estimate of drug-likeness (QED) is 0.875. The molecule has 0 unspecified atom stereocenters. The molecule has 0 radical (unpaired) electrons. The fraction of sp³-hybridized carbons (Fsp3) is 0.0833. The molecule has 19 heavy (non-hydrogen) atoms. The Labute approximate surface area is 112 Å². The largest absolute Gasteiger partial charge is 0.416 e. The minimum absolute atomic E-state index is 0.221. The number of nitrogens with two attached hydrogens (primary N) is 1. The summed E-state index contributed by atoms with van der Waals surface area (Å²) in [6.07, 6.45) is -3.06. The molecule has 0 saturated heterocycles. The molecule has 0 aliphatic carbocycles. The van der Waals surface area contributed by atoms with Crippen molar-refractivity contribution in [2.45, 2.75) is 6.18 Å². The van der Waals surface area contributed by atoms with Gasteiger partial charge in [0, 0.05) is 18.0 Å². The Hall–Kier alpha value is -1.95. The molecule has 1 aromatic carbocycles. The van der Waals surface area contributed by atoms with Crippen molar-refractivity contribution >= 4 is 28.8 Å². The molecule has 0 atom stereocenters. The average Bonchev–Trinajstić information content (AvgIpc) is 2.33. The van der Waals surface area contributed by atoms with Gasteiger partial charge >= 0.3 is 6.18 Å². The van der Waals surface area contributed by atoms with Gasteiger partial charge in [-0.05, 0) is 18.2 Å². The lowest BCUT2D eigenvalue weighted by atomic mass is 10.2. The lowest BCUT2D eigenvalue weighted by Crippen LogP contribution is -2.05. The van der Waals surface area contributed by atoms with Crippen LogP contribution < -0.4 is 11.1 Å². The standard InChI is InChI=1S/C12H9ClF3N3/c13-9-6-18-11(17)5-10(9)19-8-3-1-2-7(4-8)12(14,15)16/h1-6H,(H3,17,18,19). The summed E-state index contributed by atoms with van der Waals surface area (Å²) < 4.78 is 37.7. The molecule has 0 aliphatic rings. The number of aromatic nitrogens is 1. The van der Waals surface area contributed by atoms with Crippen LogP contribution in [0.15, 0.2) is 36.5 Å². The van der Waals surface area contributed by atoms with Gasteiger partial charge in [0.1, 0.15) is 5.82 Å². The van der Waals surface area contributed by atoms with Crippen molar-refractivity contribution < 1.29 is 13.2 Å². The Morgan fingerprint density at radius 3 is 2.63 bits per heavy atom. The number of pyridine rings is 1. The van der Waals surface area contributed by atoms with Crippen LogP contribution in [-0.2, 0) is 6.18 Å². The predicted octanol–water partition coefficient (Wildman–Crippen LogP) is 4.08. The topological polar surface area (TPSA) is 50.9 Å². The van der Waals surface area contributed by atoms with Crippen molar-refractivity contribution in [1.29, 1.82) is 0 Å². The SMILES string of the molecule is Nc1cc(Nc2cccc(C(F)(F)F)c2)c(Cl)cn1. The van der Waals surface area contributed by atoms with Crippen LogP contribution >= 0.6 is 11.6 Å². The van der Waals surface area contributed by atoms with Crippen LogP contribution in [0.4, 0.5) is 30.4 Å². The van der Waals surface area contributed by atoms with Gasteiger partial charge in [0.05, 0.1) is 16.3 Å². The van der Waals surface area contributed by atoms with Crippen molar-refractivity contribution in [2.24, 2.45) is 0 Å². The molecular formula is C12H9ClF3N3. The molecule has 100 valence electrons. The second-order valence-corrected chi connectivity index (χ2v) is 4.20. The van der Waals surface area contributed by atoms with Crippen LogP contribution in [-0.4, -0.2) is 4.98 Å². The van der Waals surface area contributed by atoms with E-state index in [2.05, 4.69) is 10.3 Å². The molecule has 0 bridgehead atoms. The van der Waals surface area contributed by atoms with E-state index < -0.39 is 11.7 Å². The minimum Gasteiger partial charge on any atom is -0.384 e. The van der Waals surface area contributed by atoms with Gasteiger partial charge in [-0.25, -0.2) is 4.98 Å². The maximum atomic E-state index is 12.6. The van der Waals surface area contributed by atoms with Crippen molar-refractivity contribution in [3.05, 3.63) is 47.1 Å². The van der Waals surface area contributed by atoms with E-state index >= 15 is 0 Å². The number of alkyl halides is 3. The number of rotatable bonds is 2. The molecule has 2 rings (SSSR count). The fourth-order valence-corrected chi connectivity index (χ4v) is 1.63. The van der Waals surface area contributed by atoms with E-state index in [1.807, 2.05) is 0 Å². The van der Waals surface area contributed by atoms with Gasteiger partial charge in [-0.2, -0.15) is 13.2 Å². The molecule has 0 amide bonds. The van der Waals surface area contributed by atoms with E-state index in [0.29, 0.717) is 5.69 Å². The maximum absolute atomic E-state index is 12.6. The molecule has 1 aromatic heterocycles. The van der Waals surface area contributed by atoms with Gasteiger partial charge in [0.15, 0.2) is 0 Å². The van der Waals surface area contributed by atoms with Gasteiger partial charge in [-0.1, -0.05) is 17.7 Å². The lowest BCUT2D eigenvalue weighted by Gasteiger charge is -2.11. The predicted molar refractivity (Wildman–Crippen MR) is 68.4 cm³/mol. The van der Waals surface area contributed by atoms with E-state index in [0.717, 1.165) is 12.1 Å². The third-order valence-corrected chi connectivity index (χ3v) is 2.65. The number of nitrogens with zero attached hydrogens (tertiary/aromatic N) is 1. The molecule has 7 heteroatoms. The van der Waals surface area contributed by atoms with Gasteiger partial charge in [-0.3, -0.25) is 0 Å². The molecule has 3 N–H and O–H groups in total. The summed E-state index contributed by atoms with van der Waals surface area (Å²) in [5, 5.41) is 3.04. The van der Waals surface area contributed by atoms with Gasteiger partial charge in [0.2, 0.25) is 0 Å². The first-order valence-electron chi connectivity index (χ1n) is 5.21. The number of nitrogens with one attached hydrogen (secondary N) is 1. The molecule has 0 spiro atoms. The zero-order valence-corrected chi connectivity index (χ0v) is 10.3. The third kappa shape index (κ3) is 3.29. The number of nitrogen functional groups attached to an aromatic ring is 1. The Morgan fingerprint density at radius 1 is 1.21 bits per heavy atom. The van der Waals surface area contributed by atoms with E-state index in [1.165, 1.54) is 24.4 Å². The highest BCUT2D eigenvalue weighted by molar-refractivity contribution is 6.33. The highest BCUT2D eigenvalue weighted by atomic mass is 35.5. The summed E-state index contributed by atoms with van der Waals surface area (Å²) in [6, 6.07) is 6.25. The zero-order valence-electron chi connectivity index (χ0n) is 9.50. The smallest absolute Gasteiger partial charge is 0.384 e. The van der Waals surface area contributed by atoms with Crippen LogP contribution in [0.3, 0.4) is 0 Å². The molecule has 0 aliphatic heterocycles. The van der Waals surface area contributed by atoms with Crippen LogP contribution in [0.1, 0.15) is 5.56 Å². The molecule has 1 heterocycles. The van der Waals surface area contributed by atoms with E-state index in [9.17, 15) is 13.2 Å². The Balaban J connectivity index is 2.31. The number of anilines is 3. The number of hydrogen-bond donors (Lipinski definition) is 2. The summed E-state index contributed by atoms with van der Waals surface area (Å²) in [7, 11) is 0. The lowest BCUT2D eigenvalue weighted by molar-refractivity contribution is -0.137. The summed E-state index contributed by atoms with van der Waals surface area (Å²) in [5.74, 6) is 0.221. The maximum Gasteiger partial charge on any atom is 0.416 e. The highest BCUT2D eigenvalue weighted by Gasteiger charge is 2.30. The van der Waals surface area contributed by atoms with Crippen molar-refractivity contribution in [3.63, 3.8) is 0 Å². The first-order chi connectivity index (χ1) is 8.86. The molecule has 2 aromatic rings. The first-order valence-corrected chi connectivity index (χ1v) is 5.59. The summed E-state index contributed by atoms with van der Waals surface area (Å²) in [4.78, 5) is 3.76. The molecule has 0 saturated carbocycles. The molecule has 0 fully saturated rings. The molecule has 3 nitrogen and oxygen atoms in total. The van der Waals surface area contributed by atoms with Gasteiger partial charge < -0.3 is 11.1 Å². The van der Waals surface area contributed by atoms with Crippen LogP contribution in [0, 0.1) is 0 Å². The van der Waals surface area contributed by atoms with Crippen LogP contribution in [0.25, 0.3) is 0 Å². The normalized spacial score (nSPS) is 11.4. The Morgan fingerprint density at radius 2 is 1.95 bits per heavy atom. The van der Waals surface area contributed by atoms with Crippen molar-refractivity contribution in [3.8, 4) is 0 Å². The number of halogens is 4. The average molecular weight is 288 g/mol. The summed E-state index contributed by atoms with van der Waals surface area (Å²) in [5.41, 5.74) is 5.41. The summed E-state index contributed by atoms with van der Waals surface area (Å²) >= 11 is 5.87. The second kappa shape index (κ2) is 4.97. The first kappa shape index (κ1) is 13.5. The Kier molecular flexibility index (Phi) is 3.53. The number of benzene rings is 1. The third-order valence-electron chi connectivity index (χ3n) is 2.35. The second-order valence-electron chi connectivity index (χ2n) is 3.79. The van der Waals surface area contributed by atoms with Crippen molar-refractivity contribution in [1.82, 2.24) is 4.98 Å². The van der Waals surface area contributed by atoms with E-state index in [1.54, 1.807) is 0 Å². The van der Waals surface area contributed by atoms with Gasteiger partial charge in [0.25, 0.3) is 0 Å². The van der Waals surface area contributed by atoms with E-state index in [-0.39, 0.29) is 16.5 Å². The van der Waals surface area contributed by atoms with Crippen LogP contribution in [0.2, 0.25) is 5.02 Å². The highest BCUT2D eigenvalue weighted by Crippen LogP contribution is 2.32. The zero-order chi connectivity index (χ0) is 14.0.